The topological polar surface area (TPSA) is 52.0 Å². The monoisotopic (exact) mass is 294 g/mol. The Labute approximate surface area is 109 Å². The molecular weight excluding hydrogens is 280 g/mol. The van der Waals surface area contributed by atoms with Crippen LogP contribution in [-0.4, -0.2) is 4.98 Å². The summed E-state index contributed by atoms with van der Waals surface area (Å²) >= 11 is 3.27. The molecule has 0 aliphatic rings. The Morgan fingerprint density at radius 2 is 2.18 bits per heavy atom. The van der Waals surface area contributed by atoms with Crippen LogP contribution in [0.15, 0.2) is 39.5 Å². The summed E-state index contributed by atoms with van der Waals surface area (Å²) < 4.78 is 6.13. The van der Waals surface area contributed by atoms with Crippen molar-refractivity contribution in [1.82, 2.24) is 4.98 Å². The van der Waals surface area contributed by atoms with Gasteiger partial charge in [-0.2, -0.15) is 0 Å². The molecule has 2 aromatic rings. The number of furan rings is 1. The molecule has 1 unspecified atom stereocenters. The van der Waals surface area contributed by atoms with Crippen molar-refractivity contribution in [1.29, 1.82) is 0 Å². The Kier molecular flexibility index (Phi) is 3.97. The van der Waals surface area contributed by atoms with Crippen molar-refractivity contribution in [2.24, 2.45) is 5.73 Å². The lowest BCUT2D eigenvalue weighted by molar-refractivity contribution is 0.446. The van der Waals surface area contributed by atoms with Crippen LogP contribution in [0.4, 0.5) is 0 Å². The molecule has 0 fully saturated rings. The molecule has 0 aliphatic heterocycles. The minimum atomic E-state index is -0.152. The number of hydrogen-bond acceptors (Lipinski definition) is 3. The summed E-state index contributed by atoms with van der Waals surface area (Å²) in [4.78, 5) is 4.39. The van der Waals surface area contributed by atoms with Gasteiger partial charge in [0.2, 0.25) is 0 Å². The van der Waals surface area contributed by atoms with Gasteiger partial charge in [-0.05, 0) is 46.1 Å². The minimum Gasteiger partial charge on any atom is -0.453 e. The zero-order chi connectivity index (χ0) is 12.3. The van der Waals surface area contributed by atoms with Crippen LogP contribution in [0.5, 0.6) is 0 Å². The van der Waals surface area contributed by atoms with Crippen LogP contribution in [0.3, 0.4) is 0 Å². The van der Waals surface area contributed by atoms with Crippen molar-refractivity contribution >= 4 is 15.9 Å². The fourth-order valence-electron chi connectivity index (χ4n) is 1.64. The first-order valence-corrected chi connectivity index (χ1v) is 6.43. The first kappa shape index (κ1) is 12.3. The molecule has 1 atom stereocenters. The second-order valence-corrected chi connectivity index (χ2v) is 4.75. The van der Waals surface area contributed by atoms with E-state index in [1.54, 1.807) is 0 Å². The fraction of sp³-hybridized carbons (Fsp3) is 0.308. The third kappa shape index (κ3) is 3.17. The fourth-order valence-corrected chi connectivity index (χ4v) is 1.96. The summed E-state index contributed by atoms with van der Waals surface area (Å²) in [6.07, 6.45) is 3.59. The zero-order valence-corrected chi connectivity index (χ0v) is 11.3. The van der Waals surface area contributed by atoms with Crippen LogP contribution in [-0.2, 0) is 12.8 Å². The van der Waals surface area contributed by atoms with E-state index >= 15 is 0 Å². The lowest BCUT2D eigenvalue weighted by Gasteiger charge is -2.08. The molecule has 3 nitrogen and oxygen atoms in total. The number of pyridine rings is 1. The number of nitrogens with two attached hydrogens (primary N) is 1. The summed E-state index contributed by atoms with van der Waals surface area (Å²) in [7, 11) is 0. The molecule has 0 saturated heterocycles. The van der Waals surface area contributed by atoms with E-state index < -0.39 is 0 Å². The van der Waals surface area contributed by atoms with Gasteiger partial charge in [0.15, 0.2) is 4.67 Å². The molecule has 2 aromatic heterocycles. The van der Waals surface area contributed by atoms with Gasteiger partial charge in [-0.1, -0.05) is 13.0 Å². The largest absolute Gasteiger partial charge is 0.453 e. The summed E-state index contributed by atoms with van der Waals surface area (Å²) in [6.45, 7) is 2.11. The van der Waals surface area contributed by atoms with Gasteiger partial charge in [0.25, 0.3) is 0 Å². The van der Waals surface area contributed by atoms with Crippen molar-refractivity contribution in [3.63, 3.8) is 0 Å². The quantitative estimate of drug-likeness (QED) is 0.942. The van der Waals surface area contributed by atoms with Gasteiger partial charge in [0.1, 0.15) is 5.76 Å². The van der Waals surface area contributed by atoms with Crippen LogP contribution in [0.25, 0.3) is 0 Å². The summed E-state index contributed by atoms with van der Waals surface area (Å²) in [5.74, 6) is 0.776. The van der Waals surface area contributed by atoms with Gasteiger partial charge in [-0.3, -0.25) is 4.98 Å². The predicted molar refractivity (Wildman–Crippen MR) is 70.7 cm³/mol. The lowest BCUT2D eigenvalue weighted by atomic mass is 10.1. The molecule has 2 N–H and O–H groups in total. The Morgan fingerprint density at radius 3 is 2.71 bits per heavy atom. The van der Waals surface area contributed by atoms with E-state index in [2.05, 4.69) is 33.9 Å². The highest BCUT2D eigenvalue weighted by Crippen LogP contribution is 2.21. The summed E-state index contributed by atoms with van der Waals surface area (Å²) in [5, 5.41) is 0. The van der Waals surface area contributed by atoms with Crippen molar-refractivity contribution < 1.29 is 4.42 Å². The summed E-state index contributed by atoms with van der Waals surface area (Å²) in [6, 6.07) is 7.70. The van der Waals surface area contributed by atoms with Crippen molar-refractivity contribution in [2.75, 3.05) is 0 Å². The van der Waals surface area contributed by atoms with Gasteiger partial charge in [-0.25, -0.2) is 0 Å². The molecule has 0 amide bonds. The van der Waals surface area contributed by atoms with Crippen LogP contribution in [0, 0.1) is 0 Å². The highest BCUT2D eigenvalue weighted by Gasteiger charge is 2.11. The molecule has 0 aliphatic carbocycles. The normalized spacial score (nSPS) is 12.6. The number of hydrogen-bond donors (Lipinski definition) is 1. The smallest absolute Gasteiger partial charge is 0.169 e. The van der Waals surface area contributed by atoms with Crippen LogP contribution < -0.4 is 5.73 Å². The van der Waals surface area contributed by atoms with Gasteiger partial charge < -0.3 is 10.2 Å². The Hall–Kier alpha value is -1.13. The average molecular weight is 295 g/mol. The Morgan fingerprint density at radius 1 is 1.35 bits per heavy atom. The van der Waals surface area contributed by atoms with Crippen LogP contribution in [0.1, 0.15) is 30.0 Å². The second-order valence-electron chi connectivity index (χ2n) is 3.96. The lowest BCUT2D eigenvalue weighted by Crippen LogP contribution is -2.13. The second kappa shape index (κ2) is 5.47. The average Bonchev–Trinajstić information content (AvgIpc) is 2.77. The van der Waals surface area contributed by atoms with Gasteiger partial charge in [0.05, 0.1) is 6.04 Å². The highest BCUT2D eigenvalue weighted by molar-refractivity contribution is 9.10. The van der Waals surface area contributed by atoms with Crippen LogP contribution in [0.2, 0.25) is 0 Å². The number of aromatic nitrogens is 1. The van der Waals surface area contributed by atoms with E-state index in [1.807, 2.05) is 24.4 Å². The molecule has 0 spiro atoms. The molecule has 17 heavy (non-hydrogen) atoms. The maximum atomic E-state index is 6.06. The number of rotatable bonds is 4. The molecule has 90 valence electrons. The Bertz CT molecular complexity index is 478. The van der Waals surface area contributed by atoms with Gasteiger partial charge in [-0.15, -0.1) is 0 Å². The summed E-state index contributed by atoms with van der Waals surface area (Å²) in [5.41, 5.74) is 8.28. The SMILES string of the molecule is CCc1ccc(CC(N)c2ccc(Br)o2)nc1. The molecule has 0 bridgehead atoms. The van der Waals surface area contributed by atoms with Gasteiger partial charge >= 0.3 is 0 Å². The van der Waals surface area contributed by atoms with Crippen molar-refractivity contribution in [2.45, 2.75) is 25.8 Å². The van der Waals surface area contributed by atoms with E-state index in [9.17, 15) is 0 Å². The first-order chi connectivity index (χ1) is 8.19. The molecule has 0 saturated carbocycles. The first-order valence-electron chi connectivity index (χ1n) is 5.63. The minimum absolute atomic E-state index is 0.152. The molecule has 2 rings (SSSR count). The number of aryl methyl sites for hydroxylation is 1. The third-order valence-electron chi connectivity index (χ3n) is 2.68. The predicted octanol–water partition coefficient (Wildman–Crippen LogP) is 3.24. The molecule has 0 radical (unpaired) electrons. The number of nitrogens with zero attached hydrogens (tertiary/aromatic N) is 1. The van der Waals surface area contributed by atoms with Crippen molar-refractivity contribution in [3.8, 4) is 0 Å². The Balaban J connectivity index is 2.04. The van der Waals surface area contributed by atoms with Crippen LogP contribution >= 0.6 is 15.9 Å². The van der Waals surface area contributed by atoms with Gasteiger partial charge in [0, 0.05) is 18.3 Å². The molecule has 4 heteroatoms. The van der Waals surface area contributed by atoms with E-state index in [0.29, 0.717) is 11.1 Å². The maximum absolute atomic E-state index is 6.06. The maximum Gasteiger partial charge on any atom is 0.169 e. The number of halogens is 1. The van der Waals surface area contributed by atoms with E-state index in [1.165, 1.54) is 5.56 Å². The van der Waals surface area contributed by atoms with E-state index in [4.69, 9.17) is 10.2 Å². The van der Waals surface area contributed by atoms with E-state index in [0.717, 1.165) is 17.9 Å². The van der Waals surface area contributed by atoms with Crippen molar-refractivity contribution in [3.05, 3.63) is 52.1 Å². The molecular formula is C13H15BrN2O. The molecule has 0 aromatic carbocycles. The molecule has 2 heterocycles. The zero-order valence-electron chi connectivity index (χ0n) is 9.69. The van der Waals surface area contributed by atoms with E-state index in [-0.39, 0.29) is 6.04 Å². The standard InChI is InChI=1S/C13H15BrN2O/c1-2-9-3-4-10(16-8-9)7-11(15)12-5-6-13(14)17-12/h3-6,8,11H,2,7,15H2,1H3. The highest BCUT2D eigenvalue weighted by atomic mass is 79.9. The third-order valence-corrected chi connectivity index (χ3v) is 3.11.